The lowest BCUT2D eigenvalue weighted by molar-refractivity contribution is 0.146. The summed E-state index contributed by atoms with van der Waals surface area (Å²) in [6.45, 7) is 1.71. The lowest BCUT2D eigenvalue weighted by atomic mass is 10.2. The van der Waals surface area contributed by atoms with Crippen LogP contribution in [0.25, 0.3) is 0 Å². The highest BCUT2D eigenvalue weighted by Crippen LogP contribution is 2.12. The predicted molar refractivity (Wildman–Crippen MR) is 113 cm³/mol. The van der Waals surface area contributed by atoms with Crippen LogP contribution in [-0.4, -0.2) is 33.3 Å². The van der Waals surface area contributed by atoms with Gasteiger partial charge < -0.3 is 20.1 Å². The minimum absolute atomic E-state index is 0. The van der Waals surface area contributed by atoms with Gasteiger partial charge in [0.25, 0.3) is 0 Å². The molecule has 0 heterocycles. The number of aliphatic imine (C=N–C) groups is 1. The van der Waals surface area contributed by atoms with Crippen LogP contribution < -0.4 is 15.4 Å². The van der Waals surface area contributed by atoms with Crippen LogP contribution in [0.5, 0.6) is 5.75 Å². The lowest BCUT2D eigenvalue weighted by Crippen LogP contribution is -2.36. The summed E-state index contributed by atoms with van der Waals surface area (Å²) >= 11 is 0. The van der Waals surface area contributed by atoms with Crippen molar-refractivity contribution in [2.75, 3.05) is 27.4 Å². The zero-order valence-corrected chi connectivity index (χ0v) is 17.6. The van der Waals surface area contributed by atoms with Crippen LogP contribution in [-0.2, 0) is 17.8 Å². The second-order valence-electron chi connectivity index (χ2n) is 5.50. The van der Waals surface area contributed by atoms with Crippen molar-refractivity contribution in [2.45, 2.75) is 13.1 Å². The molecule has 27 heavy (non-hydrogen) atoms. The molecule has 0 aliphatic carbocycles. The number of methoxy groups -OCH3 is 1. The first-order chi connectivity index (χ1) is 12.6. The van der Waals surface area contributed by atoms with Gasteiger partial charge in [0, 0.05) is 32.8 Å². The van der Waals surface area contributed by atoms with Gasteiger partial charge in [-0.15, -0.1) is 24.0 Å². The Morgan fingerprint density at radius 3 is 2.37 bits per heavy atom. The third-order valence-corrected chi connectivity index (χ3v) is 3.62. The highest BCUT2D eigenvalue weighted by atomic mass is 127. The molecule has 2 N–H and O–H groups in total. The third-order valence-electron chi connectivity index (χ3n) is 3.62. The number of hydrogen-bond donors (Lipinski definition) is 2. The van der Waals surface area contributed by atoms with Gasteiger partial charge in [0.05, 0.1) is 6.61 Å². The number of hydrogen-bond acceptors (Lipinski definition) is 3. The number of nitrogens with one attached hydrogen (secondary N) is 2. The van der Waals surface area contributed by atoms with Crippen LogP contribution in [0.4, 0.5) is 8.78 Å². The lowest BCUT2D eigenvalue weighted by Gasteiger charge is -2.13. The van der Waals surface area contributed by atoms with Gasteiger partial charge in [-0.3, -0.25) is 4.99 Å². The van der Waals surface area contributed by atoms with E-state index in [0.29, 0.717) is 25.7 Å². The second-order valence-corrected chi connectivity index (χ2v) is 5.50. The van der Waals surface area contributed by atoms with E-state index < -0.39 is 11.6 Å². The monoisotopic (exact) mass is 491 g/mol. The fraction of sp³-hybridized carbons (Fsp3) is 0.316. The van der Waals surface area contributed by atoms with Crippen molar-refractivity contribution in [3.63, 3.8) is 0 Å². The van der Waals surface area contributed by atoms with Crippen LogP contribution in [0, 0.1) is 11.6 Å². The molecule has 8 heteroatoms. The smallest absolute Gasteiger partial charge is 0.191 e. The van der Waals surface area contributed by atoms with E-state index in [1.165, 1.54) is 0 Å². The Morgan fingerprint density at radius 1 is 1.00 bits per heavy atom. The van der Waals surface area contributed by atoms with Gasteiger partial charge in [0.1, 0.15) is 24.0 Å². The van der Waals surface area contributed by atoms with Crippen molar-refractivity contribution >= 4 is 29.9 Å². The molecule has 0 saturated heterocycles. The Labute approximate surface area is 175 Å². The number of halogens is 3. The highest BCUT2D eigenvalue weighted by Gasteiger charge is 2.05. The molecule has 148 valence electrons. The molecule has 2 aromatic rings. The molecule has 0 saturated carbocycles. The quantitative estimate of drug-likeness (QED) is 0.257. The zero-order chi connectivity index (χ0) is 18.8. The first-order valence-corrected chi connectivity index (χ1v) is 8.21. The molecular weight excluding hydrogens is 467 g/mol. The first kappa shape index (κ1) is 23.1. The van der Waals surface area contributed by atoms with Crippen molar-refractivity contribution in [3.05, 3.63) is 65.2 Å². The van der Waals surface area contributed by atoms with Gasteiger partial charge >= 0.3 is 0 Å². The molecule has 0 aliphatic heterocycles. The van der Waals surface area contributed by atoms with Crippen molar-refractivity contribution in [1.29, 1.82) is 0 Å². The van der Waals surface area contributed by atoms with Crippen molar-refractivity contribution in [2.24, 2.45) is 4.99 Å². The molecule has 0 radical (unpaired) electrons. The Balaban J connectivity index is 0.00000364. The van der Waals surface area contributed by atoms with E-state index in [2.05, 4.69) is 15.6 Å². The summed E-state index contributed by atoms with van der Waals surface area (Å²) in [4.78, 5) is 4.08. The van der Waals surface area contributed by atoms with E-state index in [1.807, 2.05) is 24.3 Å². The topological polar surface area (TPSA) is 54.9 Å². The van der Waals surface area contributed by atoms with Crippen molar-refractivity contribution in [3.8, 4) is 5.75 Å². The summed E-state index contributed by atoms with van der Waals surface area (Å²) in [6, 6.07) is 11.0. The molecule has 2 aromatic carbocycles. The molecule has 0 unspecified atom stereocenters. The highest BCUT2D eigenvalue weighted by molar-refractivity contribution is 14.0. The molecule has 0 aliphatic rings. The van der Waals surface area contributed by atoms with Crippen LogP contribution in [0.2, 0.25) is 0 Å². The first-order valence-electron chi connectivity index (χ1n) is 8.21. The number of benzene rings is 2. The molecule has 0 aromatic heterocycles. The van der Waals surface area contributed by atoms with Crippen LogP contribution in [0.3, 0.4) is 0 Å². The summed E-state index contributed by atoms with van der Waals surface area (Å²) < 4.78 is 37.3. The molecule has 0 amide bonds. The summed E-state index contributed by atoms with van der Waals surface area (Å²) in [5.41, 5.74) is 1.27. The van der Waals surface area contributed by atoms with Crippen LogP contribution in [0.1, 0.15) is 11.1 Å². The summed E-state index contributed by atoms with van der Waals surface area (Å²) in [6.07, 6.45) is 0. The summed E-state index contributed by atoms with van der Waals surface area (Å²) in [5, 5.41) is 6.09. The maximum atomic E-state index is 13.6. The van der Waals surface area contributed by atoms with E-state index in [9.17, 15) is 8.78 Å². The van der Waals surface area contributed by atoms with Gasteiger partial charge in [0.15, 0.2) is 5.96 Å². The number of ether oxygens (including phenoxy) is 2. The average molecular weight is 491 g/mol. The van der Waals surface area contributed by atoms with Gasteiger partial charge in [-0.25, -0.2) is 8.78 Å². The summed E-state index contributed by atoms with van der Waals surface area (Å²) in [7, 11) is 3.24. The largest absolute Gasteiger partial charge is 0.491 e. The molecule has 0 spiro atoms. The molecule has 2 rings (SSSR count). The van der Waals surface area contributed by atoms with Gasteiger partial charge in [-0.2, -0.15) is 0 Å². The van der Waals surface area contributed by atoms with E-state index >= 15 is 0 Å². The Morgan fingerprint density at radius 2 is 1.70 bits per heavy atom. The Kier molecular flexibility index (Phi) is 10.6. The normalized spacial score (nSPS) is 10.9. The second kappa shape index (κ2) is 12.4. The Bertz CT molecular complexity index is 727. The maximum Gasteiger partial charge on any atom is 0.191 e. The summed E-state index contributed by atoms with van der Waals surface area (Å²) in [5.74, 6) is 0.335. The number of nitrogens with zero attached hydrogens (tertiary/aromatic N) is 1. The average Bonchev–Trinajstić information content (AvgIpc) is 2.66. The van der Waals surface area contributed by atoms with Crippen molar-refractivity contribution < 1.29 is 18.3 Å². The number of rotatable bonds is 8. The fourth-order valence-electron chi connectivity index (χ4n) is 2.21. The molecular formula is C19H24F2IN3O2. The van der Waals surface area contributed by atoms with Gasteiger partial charge in [-0.1, -0.05) is 12.1 Å². The van der Waals surface area contributed by atoms with Gasteiger partial charge in [0.2, 0.25) is 0 Å². The number of guanidine groups is 1. The fourth-order valence-corrected chi connectivity index (χ4v) is 2.21. The standard InChI is InChI=1S/C19H23F2N3O2.HI/c1-22-19(24-13-15-11-16(20)5-8-18(15)21)23-12-14-3-6-17(7-4-14)26-10-9-25-2;/h3-8,11H,9-10,12-13H2,1-2H3,(H2,22,23,24);1H. The van der Waals surface area contributed by atoms with E-state index in [4.69, 9.17) is 9.47 Å². The van der Waals surface area contributed by atoms with E-state index in [1.54, 1.807) is 14.2 Å². The molecule has 0 fully saturated rings. The molecule has 0 bridgehead atoms. The minimum atomic E-state index is -0.473. The zero-order valence-electron chi connectivity index (χ0n) is 15.3. The van der Waals surface area contributed by atoms with Crippen LogP contribution >= 0.6 is 24.0 Å². The van der Waals surface area contributed by atoms with Crippen LogP contribution in [0.15, 0.2) is 47.5 Å². The van der Waals surface area contributed by atoms with Crippen molar-refractivity contribution in [1.82, 2.24) is 10.6 Å². The van der Waals surface area contributed by atoms with E-state index in [0.717, 1.165) is 29.5 Å². The minimum Gasteiger partial charge on any atom is -0.491 e. The Hall–Kier alpha value is -1.94. The predicted octanol–water partition coefficient (Wildman–Crippen LogP) is 3.47. The van der Waals surface area contributed by atoms with E-state index in [-0.39, 0.29) is 36.1 Å². The molecule has 0 atom stereocenters. The molecule has 5 nitrogen and oxygen atoms in total. The SMILES string of the molecule is CN=C(NCc1ccc(OCCOC)cc1)NCc1cc(F)ccc1F.I. The maximum absolute atomic E-state index is 13.6. The van der Waals surface area contributed by atoms with Gasteiger partial charge in [-0.05, 0) is 35.9 Å². The third kappa shape index (κ3) is 8.08.